The molecule has 37 heavy (non-hydrogen) atoms. The summed E-state index contributed by atoms with van der Waals surface area (Å²) in [6.45, 7) is 6.25. The van der Waals surface area contributed by atoms with E-state index in [1.165, 1.54) is 11.3 Å². The Labute approximate surface area is 220 Å². The van der Waals surface area contributed by atoms with E-state index in [1.807, 2.05) is 60.8 Å². The lowest BCUT2D eigenvalue weighted by Gasteiger charge is -2.30. The molecule has 1 aromatic heterocycles. The van der Waals surface area contributed by atoms with Crippen LogP contribution in [0.4, 0.5) is 0 Å². The number of aliphatic hydroxyl groups is 1. The summed E-state index contributed by atoms with van der Waals surface area (Å²) in [4.78, 5) is 31.1. The second-order valence-electron chi connectivity index (χ2n) is 9.21. The van der Waals surface area contributed by atoms with Gasteiger partial charge in [0.1, 0.15) is 18.1 Å². The van der Waals surface area contributed by atoms with Crippen LogP contribution in [0.1, 0.15) is 27.6 Å². The van der Waals surface area contributed by atoms with E-state index >= 15 is 0 Å². The number of morpholine rings is 1. The fourth-order valence-corrected chi connectivity index (χ4v) is 5.65. The van der Waals surface area contributed by atoms with Gasteiger partial charge < -0.3 is 19.5 Å². The Balaban J connectivity index is 1.42. The standard InChI is InChI=1S/C29H30N2O5S/c1-20-18-22(36-19-21-6-3-2-4-7-21)9-10-23(20)27(32)25-26(24-8-5-17-37-24)31(29(34)28(25)33)12-11-30-13-15-35-16-14-30/h2-10,17-18,26,32H,11-16,19H2,1H3/t26-/m1/s1. The Kier molecular flexibility index (Phi) is 7.69. The number of Topliss-reactive ketones (excluding diaryl/α,β-unsaturated/α-hetero) is 1. The normalized spacial score (nSPS) is 19.9. The first-order valence-electron chi connectivity index (χ1n) is 12.4. The maximum atomic E-state index is 13.3. The zero-order valence-corrected chi connectivity index (χ0v) is 21.6. The summed E-state index contributed by atoms with van der Waals surface area (Å²) in [7, 11) is 0. The van der Waals surface area contributed by atoms with Gasteiger partial charge >= 0.3 is 0 Å². The Bertz CT molecular complexity index is 1280. The van der Waals surface area contributed by atoms with Crippen molar-refractivity contribution >= 4 is 28.8 Å². The van der Waals surface area contributed by atoms with E-state index in [9.17, 15) is 14.7 Å². The largest absolute Gasteiger partial charge is 0.507 e. The summed E-state index contributed by atoms with van der Waals surface area (Å²) >= 11 is 1.47. The van der Waals surface area contributed by atoms with Gasteiger partial charge in [0, 0.05) is 36.6 Å². The van der Waals surface area contributed by atoms with Crippen LogP contribution in [0.5, 0.6) is 5.75 Å². The molecule has 0 radical (unpaired) electrons. The first-order valence-corrected chi connectivity index (χ1v) is 13.3. The van der Waals surface area contributed by atoms with Crippen molar-refractivity contribution in [3.05, 3.63) is 93.2 Å². The summed E-state index contributed by atoms with van der Waals surface area (Å²) in [5, 5.41) is 13.3. The number of aryl methyl sites for hydroxylation is 1. The zero-order chi connectivity index (χ0) is 25.8. The Morgan fingerprint density at radius 2 is 1.84 bits per heavy atom. The molecule has 2 aliphatic rings. The molecule has 0 spiro atoms. The highest BCUT2D eigenvalue weighted by atomic mass is 32.1. The van der Waals surface area contributed by atoms with E-state index in [1.54, 1.807) is 17.0 Å². The van der Waals surface area contributed by atoms with Crippen molar-refractivity contribution in [2.75, 3.05) is 39.4 Å². The first-order chi connectivity index (χ1) is 18.0. The number of aliphatic hydroxyl groups excluding tert-OH is 1. The van der Waals surface area contributed by atoms with Crippen LogP contribution in [0.15, 0.2) is 71.6 Å². The Hall–Kier alpha value is -3.46. The van der Waals surface area contributed by atoms with Crippen molar-refractivity contribution in [1.82, 2.24) is 9.80 Å². The van der Waals surface area contributed by atoms with Crippen LogP contribution in [0, 0.1) is 6.92 Å². The van der Waals surface area contributed by atoms with Crippen LogP contribution in [0.2, 0.25) is 0 Å². The molecule has 192 valence electrons. The molecule has 1 atom stereocenters. The molecule has 2 aromatic carbocycles. The second kappa shape index (κ2) is 11.3. The fraction of sp³-hybridized carbons (Fsp3) is 0.310. The van der Waals surface area contributed by atoms with Gasteiger partial charge in [0.25, 0.3) is 11.7 Å². The molecular formula is C29H30N2O5S. The van der Waals surface area contributed by atoms with E-state index in [4.69, 9.17) is 9.47 Å². The number of hydrogen-bond acceptors (Lipinski definition) is 7. The highest BCUT2D eigenvalue weighted by molar-refractivity contribution is 7.10. The zero-order valence-electron chi connectivity index (χ0n) is 20.8. The van der Waals surface area contributed by atoms with Crippen molar-refractivity contribution < 1.29 is 24.2 Å². The van der Waals surface area contributed by atoms with Gasteiger partial charge in [0.05, 0.1) is 24.8 Å². The van der Waals surface area contributed by atoms with Gasteiger partial charge in [0.2, 0.25) is 0 Å². The number of hydrogen-bond donors (Lipinski definition) is 1. The molecule has 3 heterocycles. The minimum atomic E-state index is -0.651. The molecular weight excluding hydrogens is 488 g/mol. The predicted octanol–water partition coefficient (Wildman–Crippen LogP) is 4.39. The summed E-state index contributed by atoms with van der Waals surface area (Å²) < 4.78 is 11.3. The fourth-order valence-electron chi connectivity index (χ4n) is 4.80. The van der Waals surface area contributed by atoms with Crippen LogP contribution in [0.3, 0.4) is 0 Å². The Morgan fingerprint density at radius 3 is 2.54 bits per heavy atom. The van der Waals surface area contributed by atoms with E-state index in [2.05, 4.69) is 4.90 Å². The lowest BCUT2D eigenvalue weighted by molar-refractivity contribution is -0.140. The summed E-state index contributed by atoms with van der Waals surface area (Å²) in [5.74, 6) is -0.716. The Morgan fingerprint density at radius 1 is 1.05 bits per heavy atom. The van der Waals surface area contributed by atoms with Gasteiger partial charge in [-0.3, -0.25) is 14.5 Å². The van der Waals surface area contributed by atoms with Crippen molar-refractivity contribution in [3.8, 4) is 5.75 Å². The molecule has 2 aliphatic heterocycles. The number of thiophene rings is 1. The van der Waals surface area contributed by atoms with Crippen molar-refractivity contribution in [3.63, 3.8) is 0 Å². The second-order valence-corrected chi connectivity index (χ2v) is 10.2. The topological polar surface area (TPSA) is 79.3 Å². The number of amides is 1. The summed E-state index contributed by atoms with van der Waals surface area (Å²) in [6.07, 6.45) is 0. The third-order valence-electron chi connectivity index (χ3n) is 6.81. The maximum Gasteiger partial charge on any atom is 0.295 e. The SMILES string of the molecule is Cc1cc(OCc2ccccc2)ccc1C(O)=C1C(=O)C(=O)N(CCN2CCOCC2)[C@@H]1c1cccs1. The molecule has 5 rings (SSSR count). The summed E-state index contributed by atoms with van der Waals surface area (Å²) in [5.41, 5.74) is 2.46. The number of nitrogens with zero attached hydrogens (tertiary/aromatic N) is 2. The molecule has 3 aromatic rings. The molecule has 2 fully saturated rings. The van der Waals surface area contributed by atoms with Crippen LogP contribution in [0.25, 0.3) is 5.76 Å². The predicted molar refractivity (Wildman–Crippen MR) is 143 cm³/mol. The number of carbonyl (C=O) groups excluding carboxylic acids is 2. The lowest BCUT2D eigenvalue weighted by Crippen LogP contribution is -2.42. The van der Waals surface area contributed by atoms with E-state index < -0.39 is 17.7 Å². The maximum absolute atomic E-state index is 13.3. The van der Waals surface area contributed by atoms with Gasteiger partial charge in [-0.15, -0.1) is 11.3 Å². The monoisotopic (exact) mass is 518 g/mol. The number of carbonyl (C=O) groups is 2. The molecule has 0 unspecified atom stereocenters. The van der Waals surface area contributed by atoms with E-state index in [0.29, 0.717) is 44.2 Å². The minimum Gasteiger partial charge on any atom is -0.507 e. The average molecular weight is 519 g/mol. The van der Waals surface area contributed by atoms with Crippen LogP contribution in [-0.4, -0.2) is 66.0 Å². The molecule has 0 bridgehead atoms. The van der Waals surface area contributed by atoms with E-state index in [-0.39, 0.29) is 11.3 Å². The lowest BCUT2D eigenvalue weighted by atomic mass is 9.97. The molecule has 8 heteroatoms. The highest BCUT2D eigenvalue weighted by Gasteiger charge is 2.46. The number of likely N-dealkylation sites (tertiary alicyclic amines) is 1. The third kappa shape index (κ3) is 5.46. The smallest absolute Gasteiger partial charge is 0.295 e. The van der Waals surface area contributed by atoms with Gasteiger partial charge in [0.15, 0.2) is 0 Å². The minimum absolute atomic E-state index is 0.135. The van der Waals surface area contributed by atoms with Gasteiger partial charge in [-0.1, -0.05) is 36.4 Å². The first kappa shape index (κ1) is 25.2. The molecule has 0 saturated carbocycles. The number of ether oxygens (including phenoxy) is 2. The van der Waals surface area contributed by atoms with Crippen molar-refractivity contribution in [2.24, 2.45) is 0 Å². The molecule has 2 saturated heterocycles. The van der Waals surface area contributed by atoms with Crippen molar-refractivity contribution in [1.29, 1.82) is 0 Å². The summed E-state index contributed by atoms with van der Waals surface area (Å²) in [6, 6.07) is 18.4. The average Bonchev–Trinajstić information content (AvgIpc) is 3.54. The third-order valence-corrected chi connectivity index (χ3v) is 7.74. The molecule has 1 N–H and O–H groups in total. The van der Waals surface area contributed by atoms with Gasteiger partial charge in [-0.2, -0.15) is 0 Å². The molecule has 0 aliphatic carbocycles. The number of rotatable bonds is 8. The number of ketones is 1. The van der Waals surface area contributed by atoms with Crippen LogP contribution < -0.4 is 4.74 Å². The highest BCUT2D eigenvalue weighted by Crippen LogP contribution is 2.41. The number of benzene rings is 2. The molecule has 7 nitrogen and oxygen atoms in total. The quantitative estimate of drug-likeness (QED) is 0.271. The molecule has 1 amide bonds. The van der Waals surface area contributed by atoms with Crippen LogP contribution in [-0.2, 0) is 20.9 Å². The van der Waals surface area contributed by atoms with Crippen molar-refractivity contribution in [2.45, 2.75) is 19.6 Å². The van der Waals surface area contributed by atoms with Gasteiger partial charge in [-0.25, -0.2) is 0 Å². The van der Waals surface area contributed by atoms with E-state index in [0.717, 1.165) is 29.1 Å². The van der Waals surface area contributed by atoms with Crippen LogP contribution >= 0.6 is 11.3 Å². The van der Waals surface area contributed by atoms with Gasteiger partial charge in [-0.05, 0) is 47.7 Å².